The van der Waals surface area contributed by atoms with Gasteiger partial charge in [-0.25, -0.2) is 0 Å². The molecule has 0 spiro atoms. The Hall–Kier alpha value is -1.91. The van der Waals surface area contributed by atoms with Gasteiger partial charge in [-0.3, -0.25) is 0 Å². The predicted molar refractivity (Wildman–Crippen MR) is 95.3 cm³/mol. The molecule has 0 aliphatic rings. The van der Waals surface area contributed by atoms with E-state index in [2.05, 4.69) is 31.6 Å². The molecule has 0 saturated heterocycles. The molecule has 0 aliphatic heterocycles. The maximum Gasteiger partial charge on any atom is 0.573 e. The molecule has 0 fully saturated rings. The van der Waals surface area contributed by atoms with E-state index >= 15 is 0 Å². The molecule has 0 amide bonds. The van der Waals surface area contributed by atoms with Gasteiger partial charge in [0.25, 0.3) is 0 Å². The van der Waals surface area contributed by atoms with Crippen LogP contribution in [-0.4, -0.2) is 13.4 Å². The fourth-order valence-corrected chi connectivity index (χ4v) is 1.89. The molecule has 1 aromatic rings. The van der Waals surface area contributed by atoms with E-state index in [1.807, 2.05) is 32.7 Å². The summed E-state index contributed by atoms with van der Waals surface area (Å²) in [6.07, 6.45) is -1.61. The van der Waals surface area contributed by atoms with Crippen LogP contribution in [0.15, 0.2) is 47.2 Å². The van der Waals surface area contributed by atoms with E-state index in [1.165, 1.54) is 23.3 Å². The molecule has 0 N–H and O–H groups in total. The van der Waals surface area contributed by atoms with Crippen LogP contribution in [0.4, 0.5) is 18.9 Å². The van der Waals surface area contributed by atoms with Gasteiger partial charge in [0.2, 0.25) is 0 Å². The number of rotatable bonds is 5. The number of halogens is 3. The smallest absolute Gasteiger partial charge is 0.406 e. The molecule has 0 saturated carbocycles. The third kappa shape index (κ3) is 7.57. The molecular weight excluding hydrogens is 315 g/mol. The lowest BCUT2D eigenvalue weighted by Gasteiger charge is -2.21. The number of ether oxygens (including phenoxy) is 1. The minimum atomic E-state index is -4.66. The van der Waals surface area contributed by atoms with Gasteiger partial charge >= 0.3 is 6.36 Å². The molecule has 0 atom stereocenters. The van der Waals surface area contributed by atoms with Gasteiger partial charge in [-0.15, -0.1) is 13.2 Å². The highest BCUT2D eigenvalue weighted by Crippen LogP contribution is 2.26. The molecule has 136 valence electrons. The quantitative estimate of drug-likeness (QED) is 0.552. The second kappa shape index (κ2) is 10.1. The summed E-state index contributed by atoms with van der Waals surface area (Å²) in [6.45, 7) is 12.2. The maximum absolute atomic E-state index is 12.1. The maximum atomic E-state index is 12.1. The zero-order valence-electron chi connectivity index (χ0n) is 15.6. The Morgan fingerprint density at radius 2 is 1.58 bits per heavy atom. The van der Waals surface area contributed by atoms with E-state index in [1.54, 1.807) is 12.1 Å². The third-order valence-corrected chi connectivity index (χ3v) is 3.62. The molecule has 24 heavy (non-hydrogen) atoms. The Kier molecular flexibility index (Phi) is 9.26. The summed E-state index contributed by atoms with van der Waals surface area (Å²) < 4.78 is 40.3. The lowest BCUT2D eigenvalue weighted by atomic mass is 10.1. The first-order valence-corrected chi connectivity index (χ1v) is 8.08. The SMILES string of the molecule is CC.CC/C(C)=C(C)/C=C(/C)N(C)c1ccc(OC(F)(F)F)cc1. The lowest BCUT2D eigenvalue weighted by Crippen LogP contribution is -2.17. The van der Waals surface area contributed by atoms with Crippen LogP contribution in [0.5, 0.6) is 5.75 Å². The van der Waals surface area contributed by atoms with E-state index in [0.29, 0.717) is 0 Å². The molecule has 1 rings (SSSR count). The molecule has 2 nitrogen and oxygen atoms in total. The monoisotopic (exact) mass is 343 g/mol. The second-order valence-electron chi connectivity index (χ2n) is 5.20. The Bertz CT molecular complexity index is 557. The molecule has 0 bridgehead atoms. The van der Waals surface area contributed by atoms with E-state index in [9.17, 15) is 13.2 Å². The molecule has 0 heterocycles. The molecule has 0 aromatic heterocycles. The van der Waals surface area contributed by atoms with Crippen LogP contribution in [0.3, 0.4) is 0 Å². The van der Waals surface area contributed by atoms with Crippen LogP contribution >= 0.6 is 0 Å². The van der Waals surface area contributed by atoms with Crippen molar-refractivity contribution in [3.63, 3.8) is 0 Å². The minimum absolute atomic E-state index is 0.218. The number of nitrogens with zero attached hydrogens (tertiary/aromatic N) is 1. The van der Waals surface area contributed by atoms with Crippen molar-refractivity contribution < 1.29 is 17.9 Å². The average molecular weight is 343 g/mol. The van der Waals surface area contributed by atoms with Gasteiger partial charge in [0.1, 0.15) is 5.75 Å². The number of anilines is 1. The zero-order chi connectivity index (χ0) is 18.9. The fourth-order valence-electron chi connectivity index (χ4n) is 1.89. The normalized spacial score (nSPS) is 12.8. The van der Waals surface area contributed by atoms with Crippen molar-refractivity contribution >= 4 is 5.69 Å². The minimum Gasteiger partial charge on any atom is -0.406 e. The number of allylic oxidation sites excluding steroid dienone is 4. The topological polar surface area (TPSA) is 12.5 Å². The van der Waals surface area contributed by atoms with Gasteiger partial charge < -0.3 is 9.64 Å². The Labute approximate surface area is 143 Å². The van der Waals surface area contributed by atoms with Crippen molar-refractivity contribution in [1.29, 1.82) is 0 Å². The van der Waals surface area contributed by atoms with Gasteiger partial charge in [0.15, 0.2) is 0 Å². The van der Waals surface area contributed by atoms with Crippen LogP contribution in [-0.2, 0) is 0 Å². The first-order chi connectivity index (χ1) is 11.1. The van der Waals surface area contributed by atoms with Gasteiger partial charge in [0, 0.05) is 18.4 Å². The van der Waals surface area contributed by atoms with Crippen LogP contribution in [0.1, 0.15) is 48.0 Å². The van der Waals surface area contributed by atoms with Crippen LogP contribution in [0, 0.1) is 0 Å². The molecule has 1 aromatic carbocycles. The summed E-state index contributed by atoms with van der Waals surface area (Å²) in [6, 6.07) is 5.83. The van der Waals surface area contributed by atoms with Crippen molar-refractivity contribution in [3.8, 4) is 5.75 Å². The van der Waals surface area contributed by atoms with Gasteiger partial charge in [-0.05, 0) is 57.5 Å². The zero-order valence-corrected chi connectivity index (χ0v) is 15.6. The predicted octanol–water partition coefficient (Wildman–Crippen LogP) is 6.70. The van der Waals surface area contributed by atoms with E-state index in [-0.39, 0.29) is 5.75 Å². The first-order valence-electron chi connectivity index (χ1n) is 8.08. The Balaban J connectivity index is 0.00000254. The van der Waals surface area contributed by atoms with Gasteiger partial charge in [-0.2, -0.15) is 0 Å². The highest BCUT2D eigenvalue weighted by Gasteiger charge is 2.30. The van der Waals surface area contributed by atoms with E-state index in [4.69, 9.17) is 0 Å². The summed E-state index contributed by atoms with van der Waals surface area (Å²) in [5, 5.41) is 0. The third-order valence-electron chi connectivity index (χ3n) is 3.62. The van der Waals surface area contributed by atoms with E-state index in [0.717, 1.165) is 17.8 Å². The molecule has 0 unspecified atom stereocenters. The summed E-state index contributed by atoms with van der Waals surface area (Å²) in [5.74, 6) is -0.218. The van der Waals surface area contributed by atoms with Crippen molar-refractivity contribution in [2.75, 3.05) is 11.9 Å². The molecule has 5 heteroatoms. The standard InChI is InChI=1S/C17H22F3NO.C2H6/c1-6-12(2)13(3)11-14(4)21(5)15-7-9-16(10-8-15)22-17(18,19)20;1-2/h7-11H,6H2,1-5H3;1-2H3/b13-12+,14-11-;. The largest absolute Gasteiger partial charge is 0.573 e. The molecule has 0 radical (unpaired) electrons. The van der Waals surface area contributed by atoms with Crippen LogP contribution in [0.25, 0.3) is 0 Å². The van der Waals surface area contributed by atoms with Crippen molar-refractivity contribution in [2.45, 2.75) is 54.3 Å². The summed E-state index contributed by atoms with van der Waals surface area (Å²) in [4.78, 5) is 1.92. The average Bonchev–Trinajstić information content (AvgIpc) is 2.54. The summed E-state index contributed by atoms with van der Waals surface area (Å²) in [5.41, 5.74) is 4.31. The molecule has 0 aliphatic carbocycles. The van der Waals surface area contributed by atoms with Gasteiger partial charge in [0.05, 0.1) is 0 Å². The Morgan fingerprint density at radius 1 is 1.08 bits per heavy atom. The fraction of sp³-hybridized carbons (Fsp3) is 0.474. The van der Waals surface area contributed by atoms with Crippen molar-refractivity contribution in [1.82, 2.24) is 0 Å². The summed E-state index contributed by atoms with van der Waals surface area (Å²) in [7, 11) is 1.88. The Morgan fingerprint density at radius 3 is 2.00 bits per heavy atom. The van der Waals surface area contributed by atoms with Crippen LogP contribution in [0.2, 0.25) is 0 Å². The highest BCUT2D eigenvalue weighted by molar-refractivity contribution is 5.53. The number of hydrogen-bond acceptors (Lipinski definition) is 2. The van der Waals surface area contributed by atoms with Crippen molar-refractivity contribution in [3.05, 3.63) is 47.2 Å². The lowest BCUT2D eigenvalue weighted by molar-refractivity contribution is -0.274. The number of hydrogen-bond donors (Lipinski definition) is 0. The highest BCUT2D eigenvalue weighted by atomic mass is 19.4. The van der Waals surface area contributed by atoms with E-state index < -0.39 is 6.36 Å². The first kappa shape index (κ1) is 22.1. The van der Waals surface area contributed by atoms with Crippen molar-refractivity contribution in [2.24, 2.45) is 0 Å². The van der Waals surface area contributed by atoms with Crippen LogP contribution < -0.4 is 9.64 Å². The van der Waals surface area contributed by atoms with Gasteiger partial charge in [-0.1, -0.05) is 31.9 Å². The summed E-state index contributed by atoms with van der Waals surface area (Å²) >= 11 is 0. The molecular formula is C19H28F3NO. The number of benzene rings is 1. The number of alkyl halides is 3. The second-order valence-corrected chi connectivity index (χ2v) is 5.20.